The van der Waals surface area contributed by atoms with Crippen LogP contribution in [0.25, 0.3) is 0 Å². The molecule has 0 heterocycles. The number of carbonyl (C=O) groups excluding carboxylic acids is 2. The maximum Gasteiger partial charge on any atom is 0.408 e. The molecule has 2 rings (SSSR count). The molecule has 168 valence electrons. The highest BCUT2D eigenvalue weighted by Gasteiger charge is 2.22. The van der Waals surface area contributed by atoms with E-state index in [4.69, 9.17) is 9.47 Å². The molecule has 0 saturated carbocycles. The first-order valence-corrected chi connectivity index (χ1v) is 10.2. The molecule has 0 bridgehead atoms. The zero-order valence-corrected chi connectivity index (χ0v) is 18.3. The highest BCUT2D eigenvalue weighted by Crippen LogP contribution is 2.22. The number of benzene rings is 2. The molecule has 2 N–H and O–H groups in total. The summed E-state index contributed by atoms with van der Waals surface area (Å²) in [6.07, 6.45) is 0.744. The van der Waals surface area contributed by atoms with Gasteiger partial charge in [0.25, 0.3) is 0 Å². The number of ether oxygens (including phenoxy) is 3. The average molecular weight is 430 g/mol. The Kier molecular flexibility index (Phi) is 9.49. The van der Waals surface area contributed by atoms with E-state index in [-0.39, 0.29) is 12.2 Å². The summed E-state index contributed by atoms with van der Waals surface area (Å²) in [7, 11) is 1.18. The summed E-state index contributed by atoms with van der Waals surface area (Å²) in [6.45, 7) is 4.14. The number of alkyl carbamates (subject to hydrolysis) is 1. The smallest absolute Gasteiger partial charge is 0.408 e. The summed E-state index contributed by atoms with van der Waals surface area (Å²) in [5, 5.41) is 11.5. The standard InChI is InChI=1S/C24H31NO6/c1-24(2,31-16-18-9-5-4-6-10-18)14-13-19-11-7-8-12-20(19)17-30-23(28)25-21(15-26)22(27)29-3/h4-12,21,26H,13-17H2,1-3H3,(H,25,28)/t21-/m0/s1. The molecule has 0 unspecified atom stereocenters. The van der Waals surface area contributed by atoms with E-state index in [9.17, 15) is 14.7 Å². The van der Waals surface area contributed by atoms with Gasteiger partial charge in [0.1, 0.15) is 6.61 Å². The number of aliphatic hydroxyl groups is 1. The topological polar surface area (TPSA) is 94.1 Å². The molecule has 2 aromatic rings. The minimum absolute atomic E-state index is 0.0482. The van der Waals surface area contributed by atoms with Crippen molar-refractivity contribution in [3.8, 4) is 0 Å². The maximum absolute atomic E-state index is 12.0. The molecular weight excluding hydrogens is 398 g/mol. The van der Waals surface area contributed by atoms with Gasteiger partial charge in [-0.3, -0.25) is 0 Å². The zero-order chi connectivity index (χ0) is 22.7. The predicted octanol–water partition coefficient (Wildman–Crippen LogP) is 3.37. The van der Waals surface area contributed by atoms with Crippen molar-refractivity contribution in [3.05, 3.63) is 71.3 Å². The van der Waals surface area contributed by atoms with Crippen LogP contribution in [0.3, 0.4) is 0 Å². The second kappa shape index (κ2) is 12.1. The monoisotopic (exact) mass is 429 g/mol. The lowest BCUT2D eigenvalue weighted by atomic mass is 9.95. The Hall–Kier alpha value is -2.90. The molecule has 7 nitrogen and oxygen atoms in total. The molecule has 1 atom stereocenters. The largest absolute Gasteiger partial charge is 0.467 e. The van der Waals surface area contributed by atoms with Gasteiger partial charge in [-0.25, -0.2) is 9.59 Å². The molecule has 2 aromatic carbocycles. The highest BCUT2D eigenvalue weighted by molar-refractivity contribution is 5.81. The van der Waals surface area contributed by atoms with Gasteiger partial charge in [-0.05, 0) is 43.4 Å². The number of esters is 1. The third-order valence-electron chi connectivity index (χ3n) is 4.91. The highest BCUT2D eigenvalue weighted by atomic mass is 16.6. The Morgan fingerprint density at radius 1 is 1.00 bits per heavy atom. The number of methoxy groups -OCH3 is 1. The lowest BCUT2D eigenvalue weighted by Crippen LogP contribution is -2.44. The van der Waals surface area contributed by atoms with Crippen molar-refractivity contribution in [1.82, 2.24) is 5.32 Å². The van der Waals surface area contributed by atoms with E-state index in [0.29, 0.717) is 6.61 Å². The first-order chi connectivity index (χ1) is 14.8. The van der Waals surface area contributed by atoms with Crippen LogP contribution >= 0.6 is 0 Å². The second-order valence-electron chi connectivity index (χ2n) is 7.78. The molecule has 0 radical (unpaired) electrons. The van der Waals surface area contributed by atoms with Gasteiger partial charge in [-0.2, -0.15) is 0 Å². The Bertz CT molecular complexity index is 837. The number of hydrogen-bond donors (Lipinski definition) is 2. The van der Waals surface area contributed by atoms with Crippen molar-refractivity contribution in [3.63, 3.8) is 0 Å². The van der Waals surface area contributed by atoms with Gasteiger partial charge in [0.15, 0.2) is 6.04 Å². The quantitative estimate of drug-likeness (QED) is 0.532. The van der Waals surface area contributed by atoms with Crippen LogP contribution in [0.4, 0.5) is 4.79 Å². The molecule has 0 spiro atoms. The Morgan fingerprint density at radius 3 is 2.29 bits per heavy atom. The SMILES string of the molecule is COC(=O)[C@H](CO)NC(=O)OCc1ccccc1CCC(C)(C)OCc1ccccc1. The fourth-order valence-electron chi connectivity index (χ4n) is 2.95. The Morgan fingerprint density at radius 2 is 1.65 bits per heavy atom. The molecule has 0 saturated heterocycles. The van der Waals surface area contributed by atoms with Gasteiger partial charge in [0.05, 0.1) is 25.9 Å². The summed E-state index contributed by atoms with van der Waals surface area (Å²) in [5.74, 6) is -0.738. The van der Waals surface area contributed by atoms with E-state index in [1.807, 2.05) is 54.6 Å². The number of rotatable bonds is 11. The molecule has 7 heteroatoms. The summed E-state index contributed by atoms with van der Waals surface area (Å²) < 4.78 is 15.9. The van der Waals surface area contributed by atoms with E-state index in [1.54, 1.807) is 0 Å². The van der Waals surface area contributed by atoms with E-state index in [2.05, 4.69) is 23.9 Å². The number of nitrogens with one attached hydrogen (secondary N) is 1. The van der Waals surface area contributed by atoms with Crippen molar-refractivity contribution < 1.29 is 28.9 Å². The predicted molar refractivity (Wildman–Crippen MR) is 116 cm³/mol. The van der Waals surface area contributed by atoms with Crippen LogP contribution in [0, 0.1) is 0 Å². The normalized spacial score (nSPS) is 12.1. The van der Waals surface area contributed by atoms with Crippen LogP contribution in [-0.4, -0.2) is 42.5 Å². The first-order valence-electron chi connectivity index (χ1n) is 10.2. The average Bonchev–Trinajstić information content (AvgIpc) is 2.79. The summed E-state index contributed by atoms with van der Waals surface area (Å²) in [4.78, 5) is 23.4. The van der Waals surface area contributed by atoms with Gasteiger partial charge < -0.3 is 24.6 Å². The molecule has 0 aliphatic rings. The third-order valence-corrected chi connectivity index (χ3v) is 4.91. The maximum atomic E-state index is 12.0. The van der Waals surface area contributed by atoms with E-state index in [0.717, 1.165) is 29.5 Å². The van der Waals surface area contributed by atoms with Crippen molar-refractivity contribution in [2.75, 3.05) is 13.7 Å². The van der Waals surface area contributed by atoms with E-state index >= 15 is 0 Å². The van der Waals surface area contributed by atoms with Crippen molar-refractivity contribution in [1.29, 1.82) is 0 Å². The van der Waals surface area contributed by atoms with E-state index in [1.165, 1.54) is 7.11 Å². The van der Waals surface area contributed by atoms with Crippen LogP contribution in [0.2, 0.25) is 0 Å². The van der Waals surface area contributed by atoms with Crippen LogP contribution < -0.4 is 5.32 Å². The molecule has 0 aliphatic carbocycles. The summed E-state index contributed by atoms with van der Waals surface area (Å²) >= 11 is 0. The molecule has 1 amide bonds. The van der Waals surface area contributed by atoms with Gasteiger partial charge in [0.2, 0.25) is 0 Å². The summed E-state index contributed by atoms with van der Waals surface area (Å²) in [6, 6.07) is 16.6. The first kappa shape index (κ1) is 24.4. The molecule has 0 aromatic heterocycles. The van der Waals surface area contributed by atoms with Crippen molar-refractivity contribution >= 4 is 12.1 Å². The summed E-state index contributed by atoms with van der Waals surface area (Å²) in [5.41, 5.74) is 2.73. The number of carbonyl (C=O) groups is 2. The fraction of sp³-hybridized carbons (Fsp3) is 0.417. The van der Waals surface area contributed by atoms with Crippen LogP contribution in [0.15, 0.2) is 54.6 Å². The number of hydrogen-bond acceptors (Lipinski definition) is 6. The van der Waals surface area contributed by atoms with Crippen LogP contribution in [0.5, 0.6) is 0 Å². The van der Waals surface area contributed by atoms with Crippen molar-refractivity contribution in [2.24, 2.45) is 0 Å². The fourth-order valence-corrected chi connectivity index (χ4v) is 2.95. The molecular formula is C24H31NO6. The van der Waals surface area contributed by atoms with E-state index < -0.39 is 24.7 Å². The zero-order valence-electron chi connectivity index (χ0n) is 18.3. The lowest BCUT2D eigenvalue weighted by Gasteiger charge is -2.26. The third kappa shape index (κ3) is 8.39. The Balaban J connectivity index is 1.88. The lowest BCUT2D eigenvalue weighted by molar-refractivity contribution is -0.144. The molecule has 0 fully saturated rings. The minimum atomic E-state index is -1.16. The minimum Gasteiger partial charge on any atom is -0.467 e. The number of amides is 1. The number of aryl methyl sites for hydroxylation is 1. The second-order valence-corrected chi connectivity index (χ2v) is 7.78. The van der Waals surface area contributed by atoms with Gasteiger partial charge in [0, 0.05) is 0 Å². The van der Waals surface area contributed by atoms with Crippen LogP contribution in [0.1, 0.15) is 37.0 Å². The van der Waals surface area contributed by atoms with Crippen LogP contribution in [-0.2, 0) is 38.6 Å². The number of aliphatic hydroxyl groups excluding tert-OH is 1. The van der Waals surface area contributed by atoms with Gasteiger partial charge >= 0.3 is 12.1 Å². The Labute approximate surface area is 183 Å². The van der Waals surface area contributed by atoms with Gasteiger partial charge in [-0.1, -0.05) is 54.6 Å². The molecule has 31 heavy (non-hydrogen) atoms. The molecule has 0 aliphatic heterocycles. The van der Waals surface area contributed by atoms with Crippen molar-refractivity contribution in [2.45, 2.75) is 51.5 Å². The van der Waals surface area contributed by atoms with Gasteiger partial charge in [-0.15, -0.1) is 0 Å².